The van der Waals surface area contributed by atoms with Crippen LogP contribution in [0.25, 0.3) is 0 Å². The highest BCUT2D eigenvalue weighted by Crippen LogP contribution is 2.28. The highest BCUT2D eigenvalue weighted by atomic mass is 19.1. The molecule has 144 valence electrons. The van der Waals surface area contributed by atoms with Gasteiger partial charge in [0.25, 0.3) is 0 Å². The summed E-state index contributed by atoms with van der Waals surface area (Å²) in [5, 5.41) is 14.6. The van der Waals surface area contributed by atoms with Gasteiger partial charge in [-0.3, -0.25) is 0 Å². The standard InChI is InChI=1S/C18H17FN6O3/c1-26-15-8-12(9-22-23-17(20)16-18(21)25-28-24-16)4-7-14(15)27-10-11-2-5-13(19)6-3-11/h2-9H,10H2,1H3,(H2,20,23)(H2,21,25). The summed E-state index contributed by atoms with van der Waals surface area (Å²) in [5.41, 5.74) is 12.9. The number of nitrogens with zero attached hydrogens (tertiary/aromatic N) is 4. The van der Waals surface area contributed by atoms with Crippen LogP contribution in [0, 0.1) is 5.82 Å². The molecule has 28 heavy (non-hydrogen) atoms. The van der Waals surface area contributed by atoms with Gasteiger partial charge in [0, 0.05) is 0 Å². The van der Waals surface area contributed by atoms with Gasteiger partial charge in [0.05, 0.1) is 13.3 Å². The Morgan fingerprint density at radius 2 is 1.96 bits per heavy atom. The Kier molecular flexibility index (Phi) is 5.80. The summed E-state index contributed by atoms with van der Waals surface area (Å²) < 4.78 is 28.5. The monoisotopic (exact) mass is 384 g/mol. The van der Waals surface area contributed by atoms with Crippen molar-refractivity contribution in [1.82, 2.24) is 10.3 Å². The fraction of sp³-hybridized carbons (Fsp3) is 0.111. The first-order valence-corrected chi connectivity index (χ1v) is 8.07. The van der Waals surface area contributed by atoms with E-state index in [2.05, 4.69) is 25.1 Å². The van der Waals surface area contributed by atoms with Crippen LogP contribution in [0.2, 0.25) is 0 Å². The Morgan fingerprint density at radius 1 is 1.18 bits per heavy atom. The van der Waals surface area contributed by atoms with Gasteiger partial charge in [-0.2, -0.15) is 5.10 Å². The molecule has 0 spiro atoms. The van der Waals surface area contributed by atoms with Crippen molar-refractivity contribution in [3.63, 3.8) is 0 Å². The summed E-state index contributed by atoms with van der Waals surface area (Å²) in [4.78, 5) is 0. The lowest BCUT2D eigenvalue weighted by atomic mass is 10.2. The lowest BCUT2D eigenvalue weighted by Crippen LogP contribution is -2.15. The number of nitrogen functional groups attached to an aromatic ring is 1. The molecule has 0 atom stereocenters. The molecule has 0 saturated heterocycles. The highest BCUT2D eigenvalue weighted by Gasteiger charge is 2.10. The van der Waals surface area contributed by atoms with Gasteiger partial charge in [-0.25, -0.2) is 9.02 Å². The SMILES string of the molecule is COc1cc(C=N/N=C(\N)c2nonc2N)ccc1OCc1ccc(F)cc1. The van der Waals surface area contributed by atoms with Crippen LogP contribution in [0.4, 0.5) is 10.2 Å². The Balaban J connectivity index is 1.68. The summed E-state index contributed by atoms with van der Waals surface area (Å²) >= 11 is 0. The Labute approximate surface area is 159 Å². The molecule has 0 unspecified atom stereocenters. The molecule has 0 aliphatic carbocycles. The fourth-order valence-electron chi connectivity index (χ4n) is 2.20. The molecule has 0 aliphatic rings. The van der Waals surface area contributed by atoms with Gasteiger partial charge in [-0.05, 0) is 51.8 Å². The minimum absolute atomic E-state index is 0.0267. The van der Waals surface area contributed by atoms with Crippen molar-refractivity contribution in [2.75, 3.05) is 12.8 Å². The number of anilines is 1. The zero-order chi connectivity index (χ0) is 19.9. The van der Waals surface area contributed by atoms with E-state index in [4.69, 9.17) is 20.9 Å². The minimum atomic E-state index is -0.296. The number of aromatic nitrogens is 2. The molecule has 0 saturated carbocycles. The first-order chi connectivity index (χ1) is 13.6. The topological polar surface area (TPSA) is 134 Å². The maximum Gasteiger partial charge on any atom is 0.199 e. The van der Waals surface area contributed by atoms with Crippen molar-refractivity contribution in [1.29, 1.82) is 0 Å². The van der Waals surface area contributed by atoms with Crippen LogP contribution >= 0.6 is 0 Å². The van der Waals surface area contributed by atoms with Crippen LogP contribution in [0.3, 0.4) is 0 Å². The summed E-state index contributed by atoms with van der Waals surface area (Å²) in [6.45, 7) is 0.276. The van der Waals surface area contributed by atoms with Gasteiger partial charge >= 0.3 is 0 Å². The van der Waals surface area contributed by atoms with Crippen LogP contribution in [0.1, 0.15) is 16.8 Å². The van der Waals surface area contributed by atoms with Crippen LogP contribution in [0.15, 0.2) is 57.3 Å². The maximum absolute atomic E-state index is 13.0. The van der Waals surface area contributed by atoms with Gasteiger partial charge in [0.1, 0.15) is 12.4 Å². The average molecular weight is 384 g/mol. The van der Waals surface area contributed by atoms with E-state index in [0.717, 1.165) is 5.56 Å². The zero-order valence-corrected chi connectivity index (χ0v) is 14.9. The number of amidine groups is 1. The summed E-state index contributed by atoms with van der Waals surface area (Å²) in [6.07, 6.45) is 1.48. The van der Waals surface area contributed by atoms with E-state index in [1.54, 1.807) is 30.3 Å². The molecular weight excluding hydrogens is 367 g/mol. The van der Waals surface area contributed by atoms with Gasteiger partial charge in [-0.15, -0.1) is 5.10 Å². The van der Waals surface area contributed by atoms with Gasteiger partial charge < -0.3 is 20.9 Å². The van der Waals surface area contributed by atoms with Gasteiger partial charge in [0.2, 0.25) is 0 Å². The van der Waals surface area contributed by atoms with Gasteiger partial charge in [-0.1, -0.05) is 12.1 Å². The van der Waals surface area contributed by atoms with E-state index in [1.807, 2.05) is 0 Å². The first kappa shape index (κ1) is 18.8. The Morgan fingerprint density at radius 3 is 2.64 bits per heavy atom. The number of hydrogen-bond donors (Lipinski definition) is 2. The minimum Gasteiger partial charge on any atom is -0.493 e. The number of rotatable bonds is 7. The van der Waals surface area contributed by atoms with E-state index in [0.29, 0.717) is 17.1 Å². The molecule has 10 heteroatoms. The van der Waals surface area contributed by atoms with E-state index < -0.39 is 0 Å². The maximum atomic E-state index is 13.0. The van der Waals surface area contributed by atoms with E-state index >= 15 is 0 Å². The molecule has 1 aromatic heterocycles. The second-order valence-electron chi connectivity index (χ2n) is 5.55. The van der Waals surface area contributed by atoms with Crippen molar-refractivity contribution in [3.8, 4) is 11.5 Å². The third-order valence-corrected chi connectivity index (χ3v) is 3.62. The molecule has 0 amide bonds. The van der Waals surface area contributed by atoms with E-state index in [9.17, 15) is 4.39 Å². The molecule has 0 bridgehead atoms. The number of methoxy groups -OCH3 is 1. The van der Waals surface area contributed by atoms with Crippen LogP contribution in [-0.4, -0.2) is 29.5 Å². The molecule has 9 nitrogen and oxygen atoms in total. The van der Waals surface area contributed by atoms with E-state index in [1.165, 1.54) is 25.5 Å². The van der Waals surface area contributed by atoms with Crippen LogP contribution in [-0.2, 0) is 6.61 Å². The second kappa shape index (κ2) is 8.62. The number of benzene rings is 2. The van der Waals surface area contributed by atoms with Gasteiger partial charge in [0.15, 0.2) is 28.8 Å². The molecule has 0 radical (unpaired) electrons. The van der Waals surface area contributed by atoms with Crippen molar-refractivity contribution in [2.45, 2.75) is 6.61 Å². The van der Waals surface area contributed by atoms with Crippen molar-refractivity contribution >= 4 is 17.9 Å². The number of hydrogen-bond acceptors (Lipinski definition) is 8. The normalized spacial score (nSPS) is 11.7. The second-order valence-corrected chi connectivity index (χ2v) is 5.55. The van der Waals surface area contributed by atoms with Crippen molar-refractivity contribution in [2.24, 2.45) is 15.9 Å². The summed E-state index contributed by atoms with van der Waals surface area (Å²) in [6, 6.07) is 11.3. The molecule has 1 heterocycles. The fourth-order valence-corrected chi connectivity index (χ4v) is 2.20. The highest BCUT2D eigenvalue weighted by molar-refractivity contribution is 5.99. The molecule has 2 aromatic carbocycles. The quantitative estimate of drug-likeness (QED) is 0.362. The molecule has 4 N–H and O–H groups in total. The lowest BCUT2D eigenvalue weighted by molar-refractivity contribution is 0.284. The first-order valence-electron chi connectivity index (χ1n) is 8.07. The number of ether oxygens (including phenoxy) is 2. The van der Waals surface area contributed by atoms with Crippen LogP contribution < -0.4 is 20.9 Å². The Hall–Kier alpha value is -3.95. The average Bonchev–Trinajstić information content (AvgIpc) is 3.14. The lowest BCUT2D eigenvalue weighted by Gasteiger charge is -2.11. The predicted molar refractivity (Wildman–Crippen MR) is 101 cm³/mol. The van der Waals surface area contributed by atoms with Crippen LogP contribution in [0.5, 0.6) is 11.5 Å². The molecule has 0 fully saturated rings. The predicted octanol–water partition coefficient (Wildman–Crippen LogP) is 2.12. The molecule has 3 aromatic rings. The summed E-state index contributed by atoms with van der Waals surface area (Å²) in [7, 11) is 1.53. The largest absolute Gasteiger partial charge is 0.493 e. The zero-order valence-electron chi connectivity index (χ0n) is 14.9. The molecular formula is C18H17FN6O3. The number of halogens is 1. The number of nitrogens with two attached hydrogens (primary N) is 2. The third-order valence-electron chi connectivity index (χ3n) is 3.62. The third kappa shape index (κ3) is 4.61. The van der Waals surface area contributed by atoms with Crippen molar-refractivity contribution < 1.29 is 18.5 Å². The summed E-state index contributed by atoms with van der Waals surface area (Å²) in [5.74, 6) is 0.749. The molecule has 3 rings (SSSR count). The Bertz CT molecular complexity index is 1000. The van der Waals surface area contributed by atoms with Crippen molar-refractivity contribution in [3.05, 3.63) is 65.1 Å². The molecule has 0 aliphatic heterocycles. The van der Waals surface area contributed by atoms with E-state index in [-0.39, 0.29) is 29.8 Å². The smallest absolute Gasteiger partial charge is 0.199 e.